The van der Waals surface area contributed by atoms with Crippen LogP contribution in [-0.4, -0.2) is 59.7 Å². The number of carboxylic acids is 1. The van der Waals surface area contributed by atoms with E-state index in [1.807, 2.05) is 60.7 Å². The van der Waals surface area contributed by atoms with Gasteiger partial charge in [-0.25, -0.2) is 27.2 Å². The number of carbonyl (C=O) groups excluding carboxylic acids is 3. The first kappa shape index (κ1) is 47.0. The molecule has 0 aromatic heterocycles. The number of Topliss-reactive ketones (excluding diaryl/α,β-unsaturated/α-hetero) is 1. The molecule has 0 aliphatic rings. The zero-order chi connectivity index (χ0) is 43.9. The summed E-state index contributed by atoms with van der Waals surface area (Å²) in [5.41, 5.74) is 7.09. The molecular weight excluding hydrogens is 816 g/mol. The molecule has 4 aromatic carbocycles. The molecule has 0 radical (unpaired) electrons. The Labute approximate surface area is 328 Å². The van der Waals surface area contributed by atoms with Gasteiger partial charge in [-0.15, -0.1) is 0 Å². The van der Waals surface area contributed by atoms with Gasteiger partial charge in [-0.05, 0) is 61.2 Å². The van der Waals surface area contributed by atoms with E-state index in [1.54, 1.807) is 0 Å². The predicted octanol–water partition coefficient (Wildman–Crippen LogP) is 6.96. The summed E-state index contributed by atoms with van der Waals surface area (Å²) in [6.45, 7) is 0.509. The van der Waals surface area contributed by atoms with Gasteiger partial charge in [-0.2, -0.15) is 26.3 Å². The summed E-state index contributed by atoms with van der Waals surface area (Å²) in [5, 5.41) is 14.5. The number of ketones is 1. The second-order valence-corrected chi connectivity index (χ2v) is 12.0. The zero-order valence-electron chi connectivity index (χ0n) is 30.1. The Morgan fingerprint density at radius 1 is 0.627 bits per heavy atom. The van der Waals surface area contributed by atoms with Crippen molar-refractivity contribution in [3.63, 3.8) is 0 Å². The predicted molar refractivity (Wildman–Crippen MR) is 185 cm³/mol. The first-order valence-corrected chi connectivity index (χ1v) is 17.0. The Balaban J connectivity index is 0.000000317. The van der Waals surface area contributed by atoms with Crippen LogP contribution in [0.5, 0.6) is 11.5 Å². The van der Waals surface area contributed by atoms with Crippen molar-refractivity contribution in [3.8, 4) is 11.5 Å². The van der Waals surface area contributed by atoms with Crippen molar-refractivity contribution in [1.29, 1.82) is 0 Å². The third kappa shape index (κ3) is 13.9. The maximum Gasteiger partial charge on any atom is 0.471 e. The normalized spacial score (nSPS) is 12.3. The molecule has 0 unspecified atom stereocenters. The number of carbonyl (C=O) groups is 4. The van der Waals surface area contributed by atoms with Gasteiger partial charge in [0, 0.05) is 6.42 Å². The van der Waals surface area contributed by atoms with Crippen LogP contribution in [0.3, 0.4) is 0 Å². The molecule has 0 bridgehead atoms. The Bertz CT molecular complexity index is 1990. The highest BCUT2D eigenvalue weighted by atomic mass is 19.3. The van der Waals surface area contributed by atoms with Crippen molar-refractivity contribution in [2.75, 3.05) is 6.54 Å². The van der Waals surface area contributed by atoms with E-state index < -0.39 is 94.5 Å². The number of carboxylic acid groups (broad SMARTS) is 1. The van der Waals surface area contributed by atoms with Crippen molar-refractivity contribution in [2.24, 2.45) is 5.73 Å². The molecule has 0 aliphatic heterocycles. The van der Waals surface area contributed by atoms with Gasteiger partial charge in [-0.3, -0.25) is 9.59 Å². The SMILES string of the molecule is NCCCC[C@H](NC(=O)[C@H](Cc1ccccc1)NC(=O)OCc1ccccc1)C(=O)O.O=C(C(F)(F)Oc1ccc(F)c(F)c1F)C(F)(F)Oc1ccc(F)c(F)c1F. The zero-order valence-corrected chi connectivity index (χ0v) is 30.1. The Morgan fingerprint density at radius 3 is 1.56 bits per heavy atom. The van der Waals surface area contributed by atoms with Crippen molar-refractivity contribution < 1.29 is 82.4 Å². The lowest BCUT2D eigenvalue weighted by Gasteiger charge is -2.22. The molecule has 2 amide bonds. The summed E-state index contributed by atoms with van der Waals surface area (Å²) in [7, 11) is 0. The Hall–Kier alpha value is -6.38. The van der Waals surface area contributed by atoms with Crippen molar-refractivity contribution >= 4 is 23.8 Å². The van der Waals surface area contributed by atoms with Gasteiger partial charge in [-0.1, -0.05) is 60.7 Å². The molecule has 318 valence electrons. The van der Waals surface area contributed by atoms with Crippen LogP contribution < -0.4 is 25.8 Å². The highest BCUT2D eigenvalue weighted by molar-refractivity contribution is 5.90. The van der Waals surface area contributed by atoms with E-state index in [4.69, 9.17) is 10.5 Å². The maximum absolute atomic E-state index is 13.6. The van der Waals surface area contributed by atoms with Crippen molar-refractivity contribution in [3.05, 3.63) is 131 Å². The number of unbranched alkanes of at least 4 members (excludes halogenated alkanes) is 1. The Kier molecular flexibility index (Phi) is 17.0. The number of hydrogen-bond donors (Lipinski definition) is 4. The van der Waals surface area contributed by atoms with E-state index in [0.717, 1.165) is 11.1 Å². The number of ether oxygens (including phenoxy) is 3. The van der Waals surface area contributed by atoms with Crippen LogP contribution in [0.25, 0.3) is 0 Å². The van der Waals surface area contributed by atoms with Gasteiger partial charge in [0.2, 0.25) is 17.5 Å². The minimum Gasteiger partial charge on any atom is -0.480 e. The number of rotatable bonds is 18. The molecular formula is C38H33F10N3O8. The minimum atomic E-state index is -5.59. The maximum atomic E-state index is 13.6. The molecule has 4 rings (SSSR count). The van der Waals surface area contributed by atoms with E-state index >= 15 is 0 Å². The van der Waals surface area contributed by atoms with Crippen LogP contribution in [-0.2, 0) is 32.1 Å². The van der Waals surface area contributed by atoms with Crippen LogP contribution in [0.4, 0.5) is 48.7 Å². The number of amides is 2. The van der Waals surface area contributed by atoms with E-state index in [2.05, 4.69) is 20.1 Å². The molecule has 0 saturated carbocycles. The highest BCUT2D eigenvalue weighted by Crippen LogP contribution is 2.35. The highest BCUT2D eigenvalue weighted by Gasteiger charge is 2.60. The van der Waals surface area contributed by atoms with Crippen LogP contribution in [0.2, 0.25) is 0 Å². The number of aliphatic carboxylic acids is 1. The standard InChI is InChI=1S/C23H29N3O5.C15H4F10O3/c24-14-8-7-13-19(22(28)29)25-21(27)20(15-17-9-3-1-4-10-17)26-23(30)31-16-18-11-5-2-6-12-18;16-5-1-3-7(11(20)9(5)18)27-14(22,23)13(26)15(24,25)28-8-4-2-6(17)10(19)12(8)21/h1-6,9-12,19-20H,7-8,13-16,24H2,(H,25,27)(H,26,30)(H,28,29);1-4H/t19-,20-;/m0./s1. The number of hydrogen-bond acceptors (Lipinski definition) is 8. The third-order valence-electron chi connectivity index (χ3n) is 7.67. The summed E-state index contributed by atoms with van der Waals surface area (Å²) in [6, 6.07) is 16.6. The van der Waals surface area contributed by atoms with Crippen LogP contribution >= 0.6 is 0 Å². The van der Waals surface area contributed by atoms with Crippen molar-refractivity contribution in [2.45, 2.75) is 56.6 Å². The fourth-order valence-corrected chi connectivity index (χ4v) is 4.70. The van der Waals surface area contributed by atoms with Gasteiger partial charge >= 0.3 is 30.1 Å². The fourth-order valence-electron chi connectivity index (χ4n) is 4.70. The monoisotopic (exact) mass is 849 g/mol. The van der Waals surface area contributed by atoms with E-state index in [-0.39, 0.29) is 43.7 Å². The van der Waals surface area contributed by atoms with E-state index in [1.165, 1.54) is 0 Å². The summed E-state index contributed by atoms with van der Waals surface area (Å²) >= 11 is 0. The number of halogens is 10. The molecule has 0 heterocycles. The van der Waals surface area contributed by atoms with Gasteiger partial charge < -0.3 is 35.7 Å². The largest absolute Gasteiger partial charge is 0.480 e. The number of alkyl carbamates (subject to hydrolysis) is 1. The fraction of sp³-hybridized carbons (Fsp3) is 0.263. The Morgan fingerprint density at radius 2 is 1.10 bits per heavy atom. The molecule has 0 spiro atoms. The summed E-state index contributed by atoms with van der Waals surface area (Å²) < 4.78 is 144. The number of nitrogens with one attached hydrogen (secondary N) is 2. The summed E-state index contributed by atoms with van der Waals surface area (Å²) in [4.78, 5) is 48.0. The molecule has 2 atom stereocenters. The number of benzene rings is 4. The second-order valence-electron chi connectivity index (χ2n) is 12.0. The second kappa shape index (κ2) is 21.4. The van der Waals surface area contributed by atoms with Crippen molar-refractivity contribution in [1.82, 2.24) is 10.6 Å². The lowest BCUT2D eigenvalue weighted by atomic mass is 10.0. The topological polar surface area (TPSA) is 166 Å². The number of nitrogens with two attached hydrogens (primary N) is 1. The first-order valence-electron chi connectivity index (χ1n) is 17.0. The summed E-state index contributed by atoms with van der Waals surface area (Å²) in [6.07, 6.45) is -10.2. The molecule has 4 aromatic rings. The molecule has 5 N–H and O–H groups in total. The molecule has 0 saturated heterocycles. The van der Waals surface area contributed by atoms with Gasteiger partial charge in [0.25, 0.3) is 0 Å². The van der Waals surface area contributed by atoms with E-state index in [9.17, 15) is 68.2 Å². The average Bonchev–Trinajstić information content (AvgIpc) is 3.20. The lowest BCUT2D eigenvalue weighted by Crippen LogP contribution is -2.52. The van der Waals surface area contributed by atoms with Gasteiger partial charge in [0.05, 0.1) is 0 Å². The van der Waals surface area contributed by atoms with Crippen LogP contribution in [0.1, 0.15) is 30.4 Å². The minimum absolute atomic E-state index is 0.0587. The average molecular weight is 850 g/mol. The molecule has 11 nitrogen and oxygen atoms in total. The van der Waals surface area contributed by atoms with E-state index in [0.29, 0.717) is 19.4 Å². The molecule has 21 heteroatoms. The first-order chi connectivity index (χ1) is 27.8. The molecule has 0 fully saturated rings. The molecule has 0 aliphatic carbocycles. The molecule has 59 heavy (non-hydrogen) atoms. The van der Waals surface area contributed by atoms with Gasteiger partial charge in [0.1, 0.15) is 18.7 Å². The van der Waals surface area contributed by atoms with Crippen LogP contribution in [0, 0.1) is 34.9 Å². The quantitative estimate of drug-likeness (QED) is 0.0471. The number of alkyl halides is 4. The van der Waals surface area contributed by atoms with Crippen LogP contribution in [0.15, 0.2) is 84.9 Å². The lowest BCUT2D eigenvalue weighted by molar-refractivity contribution is -0.243. The smallest absolute Gasteiger partial charge is 0.471 e. The third-order valence-corrected chi connectivity index (χ3v) is 7.67. The summed E-state index contributed by atoms with van der Waals surface area (Å²) in [5.74, 6) is -21.8. The van der Waals surface area contributed by atoms with Gasteiger partial charge in [0.15, 0.2) is 34.8 Å².